The van der Waals surface area contributed by atoms with Gasteiger partial charge in [0.1, 0.15) is 16.6 Å². The molecule has 3 aliphatic rings. The van der Waals surface area contributed by atoms with Crippen LogP contribution in [0.1, 0.15) is 55.2 Å². The monoisotopic (exact) mass is 677 g/mol. The molecule has 4 atom stereocenters. The van der Waals surface area contributed by atoms with Crippen LogP contribution in [0.25, 0.3) is 0 Å². The minimum absolute atomic E-state index is 0.00597. The smallest absolute Gasteiger partial charge is 0.351 e. The maximum absolute atomic E-state index is 15.0. The zero-order valence-corrected chi connectivity index (χ0v) is 24.7. The minimum atomic E-state index is -6.37. The molecule has 1 aliphatic heterocycles. The molecule has 0 radical (unpaired) electrons. The Hall–Kier alpha value is -3.74. The Morgan fingerprint density at radius 1 is 0.978 bits per heavy atom. The van der Waals surface area contributed by atoms with Crippen LogP contribution in [-0.4, -0.2) is 56.1 Å². The maximum atomic E-state index is 15.0. The number of amides is 2. The highest BCUT2D eigenvalue weighted by atomic mass is 32.2. The highest BCUT2D eigenvalue weighted by molar-refractivity contribution is 7.92. The molecule has 2 amide bonds. The van der Waals surface area contributed by atoms with Crippen molar-refractivity contribution < 1.29 is 53.1 Å². The van der Waals surface area contributed by atoms with Gasteiger partial charge in [0, 0.05) is 30.5 Å². The van der Waals surface area contributed by atoms with Crippen molar-refractivity contribution in [2.75, 3.05) is 6.54 Å². The molecule has 1 saturated carbocycles. The molecule has 0 bridgehead atoms. The van der Waals surface area contributed by atoms with Crippen molar-refractivity contribution in [1.82, 2.24) is 10.2 Å². The predicted octanol–water partition coefficient (Wildman–Crippen LogP) is 5.53. The number of fused-ring (bicyclic) bond motifs is 3. The van der Waals surface area contributed by atoms with E-state index in [-0.39, 0.29) is 79.5 Å². The number of carbonyl (C=O) groups is 2. The fraction of sp³-hybridized carbons (Fsp3) is 0.500. The summed E-state index contributed by atoms with van der Waals surface area (Å²) in [5.41, 5.74) is -7.83. The molecule has 0 spiro atoms. The van der Waals surface area contributed by atoms with Gasteiger partial charge in [0.15, 0.2) is 9.84 Å². The summed E-state index contributed by atoms with van der Waals surface area (Å²) in [6, 6.07) is 5.33. The van der Waals surface area contributed by atoms with E-state index < -0.39 is 67.9 Å². The molecule has 7 nitrogen and oxygen atoms in total. The molecule has 2 fully saturated rings. The summed E-state index contributed by atoms with van der Waals surface area (Å²) in [5, 5.41) is 11.7. The maximum Gasteiger partial charge on any atom is 0.435 e. The van der Waals surface area contributed by atoms with Gasteiger partial charge in [0.2, 0.25) is 11.8 Å². The zero-order valence-electron chi connectivity index (χ0n) is 23.9. The van der Waals surface area contributed by atoms with Gasteiger partial charge in [-0.1, -0.05) is 18.2 Å². The average molecular weight is 678 g/mol. The first-order valence-corrected chi connectivity index (χ1v) is 15.8. The molecule has 1 heterocycles. The summed E-state index contributed by atoms with van der Waals surface area (Å²) in [7, 11) is -4.57. The number of nitrogens with zero attached hydrogens (tertiary/aromatic N) is 2. The van der Waals surface area contributed by atoms with E-state index in [0.717, 1.165) is 30.3 Å². The number of nitriles is 1. The van der Waals surface area contributed by atoms with Crippen LogP contribution in [0, 0.1) is 23.1 Å². The molecule has 16 heteroatoms. The molecule has 0 aromatic heterocycles. The Morgan fingerprint density at radius 3 is 2.24 bits per heavy atom. The van der Waals surface area contributed by atoms with Crippen molar-refractivity contribution >= 4 is 21.7 Å². The second kappa shape index (κ2) is 11.5. The number of nitrogens with one attached hydrogen (secondary N) is 1. The molecule has 5 rings (SSSR count). The normalized spacial score (nSPS) is 25.2. The van der Waals surface area contributed by atoms with E-state index >= 15 is 4.39 Å². The lowest BCUT2D eigenvalue weighted by Gasteiger charge is -2.43. The van der Waals surface area contributed by atoms with Crippen LogP contribution in [0.3, 0.4) is 0 Å². The number of likely N-dealkylation sites (tertiary alicyclic amines) is 1. The topological polar surface area (TPSA) is 107 Å². The van der Waals surface area contributed by atoms with E-state index in [9.17, 15) is 48.7 Å². The van der Waals surface area contributed by atoms with Gasteiger partial charge in [0.05, 0.1) is 17.4 Å². The van der Waals surface area contributed by atoms with Crippen LogP contribution < -0.4 is 5.32 Å². The summed E-state index contributed by atoms with van der Waals surface area (Å²) >= 11 is 0. The van der Waals surface area contributed by atoms with Crippen LogP contribution in [0.15, 0.2) is 47.4 Å². The summed E-state index contributed by atoms with van der Waals surface area (Å²) in [6.45, 7) is 0.00597. The number of aryl methyl sites for hydroxylation is 1. The van der Waals surface area contributed by atoms with Crippen LogP contribution >= 0.6 is 0 Å². The third-order valence-corrected chi connectivity index (χ3v) is 12.0. The van der Waals surface area contributed by atoms with E-state index in [2.05, 4.69) is 5.32 Å². The Morgan fingerprint density at radius 2 is 1.63 bits per heavy atom. The number of hydrogen-bond donors (Lipinski definition) is 1. The number of sulfone groups is 1. The fourth-order valence-corrected chi connectivity index (χ4v) is 9.76. The Labute approximate surface area is 258 Å². The van der Waals surface area contributed by atoms with Crippen molar-refractivity contribution in [2.45, 2.75) is 84.7 Å². The quantitative estimate of drug-likeness (QED) is 0.307. The van der Waals surface area contributed by atoms with Crippen LogP contribution in [-0.2, 0) is 36.3 Å². The molecule has 248 valence electrons. The number of rotatable bonds is 7. The van der Waals surface area contributed by atoms with E-state index in [1.54, 1.807) is 0 Å². The average Bonchev–Trinajstić information content (AvgIpc) is 3.55. The first-order chi connectivity index (χ1) is 21.4. The number of hydrogen-bond acceptors (Lipinski definition) is 5. The lowest BCUT2D eigenvalue weighted by atomic mass is 9.74. The van der Waals surface area contributed by atoms with E-state index in [1.807, 2.05) is 6.07 Å². The molecule has 2 aromatic carbocycles. The van der Waals surface area contributed by atoms with Crippen LogP contribution in [0.5, 0.6) is 0 Å². The fourth-order valence-electron chi connectivity index (χ4n) is 7.29. The number of alkyl halides is 7. The van der Waals surface area contributed by atoms with Gasteiger partial charge < -0.3 is 10.2 Å². The van der Waals surface area contributed by atoms with Gasteiger partial charge in [-0.3, -0.25) is 9.59 Å². The van der Waals surface area contributed by atoms with Gasteiger partial charge in [-0.2, -0.15) is 31.6 Å². The van der Waals surface area contributed by atoms with Crippen molar-refractivity contribution in [2.24, 2.45) is 5.92 Å². The van der Waals surface area contributed by atoms with Crippen molar-refractivity contribution in [1.29, 1.82) is 5.26 Å². The van der Waals surface area contributed by atoms with E-state index in [0.29, 0.717) is 6.07 Å². The molecular formula is C30H27F8N3O4S. The summed E-state index contributed by atoms with van der Waals surface area (Å²) in [4.78, 5) is 26.7. The third-order valence-electron chi connectivity index (χ3n) is 9.40. The summed E-state index contributed by atoms with van der Waals surface area (Å²) in [5.74, 6) is -2.64. The Kier molecular flexibility index (Phi) is 8.40. The SMILES string of the molecule is N#CCCN1C(=O)CC[C@H]1C(=O)N[C@@H]1CC[C@@]2(S(=O)(=O)c3ccc(F)cc3)c3ccc(C(F)(C(F)(F)F)C(F)(F)F)cc3CC[C@@H]12. The van der Waals surface area contributed by atoms with Gasteiger partial charge in [-0.15, -0.1) is 0 Å². The van der Waals surface area contributed by atoms with Crippen LogP contribution in [0.4, 0.5) is 35.1 Å². The molecular weight excluding hydrogens is 650 g/mol. The van der Waals surface area contributed by atoms with Gasteiger partial charge in [0.25, 0.3) is 0 Å². The number of carbonyl (C=O) groups excluding carboxylic acids is 2. The van der Waals surface area contributed by atoms with Gasteiger partial charge in [-0.25, -0.2) is 17.2 Å². The molecule has 2 aromatic rings. The van der Waals surface area contributed by atoms with Crippen molar-refractivity contribution in [3.63, 3.8) is 0 Å². The number of benzene rings is 2. The summed E-state index contributed by atoms with van der Waals surface area (Å²) in [6.07, 6.45) is -13.1. The molecule has 46 heavy (non-hydrogen) atoms. The first kappa shape index (κ1) is 33.6. The molecule has 2 aliphatic carbocycles. The predicted molar refractivity (Wildman–Crippen MR) is 145 cm³/mol. The first-order valence-electron chi connectivity index (χ1n) is 14.3. The second-order valence-electron chi connectivity index (χ2n) is 11.7. The lowest BCUT2D eigenvalue weighted by molar-refractivity contribution is -0.348. The largest absolute Gasteiger partial charge is 0.435 e. The second-order valence-corrected chi connectivity index (χ2v) is 13.9. The Balaban J connectivity index is 1.59. The highest BCUT2D eigenvalue weighted by Gasteiger charge is 2.74. The van der Waals surface area contributed by atoms with E-state index in [1.165, 1.54) is 4.90 Å². The van der Waals surface area contributed by atoms with Crippen molar-refractivity contribution in [3.8, 4) is 6.07 Å². The molecule has 1 N–H and O–H groups in total. The number of halogens is 8. The highest BCUT2D eigenvalue weighted by Crippen LogP contribution is 2.59. The van der Waals surface area contributed by atoms with Gasteiger partial charge in [-0.05, 0) is 67.5 Å². The van der Waals surface area contributed by atoms with Crippen molar-refractivity contribution in [3.05, 3.63) is 65.0 Å². The zero-order chi connectivity index (χ0) is 33.9. The summed E-state index contributed by atoms with van der Waals surface area (Å²) < 4.78 is 137. The standard InChI is InChI=1S/C30H27F8N3O4S/c31-19-4-6-20(7-5-19)46(44,45)27-13-12-23(40-26(43)24-10-11-25(42)41(24)15-1-14-39)22(27)8-2-17-16-18(3-9-21(17)27)28(32,29(33,34)35)30(36,37)38/h3-7,9,16,22-24H,1-2,8,10-13,15H2,(H,40,43)/t22-,23+,24-,27+/m0/s1. The van der Waals surface area contributed by atoms with Crippen LogP contribution in [0.2, 0.25) is 0 Å². The minimum Gasteiger partial charge on any atom is -0.351 e. The third kappa shape index (κ3) is 5.10. The molecule has 1 saturated heterocycles. The lowest BCUT2D eigenvalue weighted by Crippen LogP contribution is -2.53. The molecule has 0 unspecified atom stereocenters. The Bertz CT molecular complexity index is 1670. The van der Waals surface area contributed by atoms with Gasteiger partial charge >= 0.3 is 18.0 Å². The van der Waals surface area contributed by atoms with E-state index in [4.69, 9.17) is 5.26 Å².